The number of methoxy groups -OCH3 is 1. The predicted octanol–water partition coefficient (Wildman–Crippen LogP) is 3.10. The Bertz CT molecular complexity index is 790. The van der Waals surface area contributed by atoms with E-state index in [9.17, 15) is 8.42 Å². The highest BCUT2D eigenvalue weighted by molar-refractivity contribution is 7.87. The zero-order chi connectivity index (χ0) is 14.9. The standard InChI is InChI=1S/C16H14O4S/c1-19-15-7-4-12(5-8-15)13-6-9-16-14(11-13)3-2-10-21(17,18)20-16/h2-9,11H,10H2,1H3. The molecule has 1 aliphatic rings. The third kappa shape index (κ3) is 2.92. The molecule has 0 radical (unpaired) electrons. The van der Waals surface area contributed by atoms with E-state index in [0.29, 0.717) is 5.75 Å². The Morgan fingerprint density at radius 3 is 2.48 bits per heavy atom. The van der Waals surface area contributed by atoms with Crippen molar-refractivity contribution in [3.8, 4) is 22.6 Å². The molecule has 1 heterocycles. The van der Waals surface area contributed by atoms with Gasteiger partial charge in [-0.15, -0.1) is 0 Å². The van der Waals surface area contributed by atoms with Gasteiger partial charge >= 0.3 is 10.1 Å². The summed E-state index contributed by atoms with van der Waals surface area (Å²) in [5.74, 6) is 1.04. The highest BCUT2D eigenvalue weighted by Gasteiger charge is 2.16. The molecule has 0 N–H and O–H groups in total. The summed E-state index contributed by atoms with van der Waals surface area (Å²) < 4.78 is 33.3. The van der Waals surface area contributed by atoms with Crippen molar-refractivity contribution in [3.63, 3.8) is 0 Å². The van der Waals surface area contributed by atoms with Crippen LogP contribution in [0.1, 0.15) is 5.56 Å². The van der Waals surface area contributed by atoms with Crippen molar-refractivity contribution >= 4 is 16.2 Å². The molecule has 2 aromatic rings. The van der Waals surface area contributed by atoms with Crippen molar-refractivity contribution in [1.29, 1.82) is 0 Å². The highest BCUT2D eigenvalue weighted by Crippen LogP contribution is 2.30. The molecule has 21 heavy (non-hydrogen) atoms. The molecular formula is C16H14O4S. The summed E-state index contributed by atoms with van der Waals surface area (Å²) in [5.41, 5.74) is 2.77. The normalized spacial score (nSPS) is 15.7. The van der Waals surface area contributed by atoms with Crippen LogP contribution >= 0.6 is 0 Å². The Kier molecular flexibility index (Phi) is 3.43. The molecule has 0 amide bonds. The Morgan fingerprint density at radius 1 is 1.05 bits per heavy atom. The molecule has 1 aliphatic heterocycles. The highest BCUT2D eigenvalue weighted by atomic mass is 32.2. The lowest BCUT2D eigenvalue weighted by Gasteiger charge is -2.09. The predicted molar refractivity (Wildman–Crippen MR) is 81.9 cm³/mol. The molecule has 0 fully saturated rings. The van der Waals surface area contributed by atoms with Gasteiger partial charge in [0.15, 0.2) is 0 Å². The lowest BCUT2D eigenvalue weighted by atomic mass is 10.0. The van der Waals surface area contributed by atoms with Gasteiger partial charge in [-0.05, 0) is 35.4 Å². The van der Waals surface area contributed by atoms with Crippen LogP contribution in [0.15, 0.2) is 48.5 Å². The molecule has 0 saturated carbocycles. The van der Waals surface area contributed by atoms with Crippen LogP contribution in [0.3, 0.4) is 0 Å². The van der Waals surface area contributed by atoms with Crippen LogP contribution in [0.5, 0.6) is 11.5 Å². The number of fused-ring (bicyclic) bond motifs is 1. The maximum Gasteiger partial charge on any atom is 0.312 e. The zero-order valence-corrected chi connectivity index (χ0v) is 12.3. The van der Waals surface area contributed by atoms with Crippen molar-refractivity contribution in [1.82, 2.24) is 0 Å². The number of benzene rings is 2. The number of rotatable bonds is 2. The average Bonchev–Trinajstić information content (AvgIpc) is 2.63. The van der Waals surface area contributed by atoms with Gasteiger partial charge < -0.3 is 8.92 Å². The lowest BCUT2D eigenvalue weighted by Crippen LogP contribution is -2.11. The Labute approximate surface area is 123 Å². The van der Waals surface area contributed by atoms with Gasteiger partial charge in [-0.3, -0.25) is 0 Å². The number of ether oxygens (including phenoxy) is 1. The number of hydrogen-bond acceptors (Lipinski definition) is 4. The van der Waals surface area contributed by atoms with Crippen LogP contribution in [0.4, 0.5) is 0 Å². The summed E-state index contributed by atoms with van der Waals surface area (Å²) in [7, 11) is -1.90. The van der Waals surface area contributed by atoms with E-state index >= 15 is 0 Å². The molecule has 0 unspecified atom stereocenters. The summed E-state index contributed by atoms with van der Waals surface area (Å²) in [6.07, 6.45) is 3.37. The van der Waals surface area contributed by atoms with E-state index in [1.54, 1.807) is 25.3 Å². The first-order chi connectivity index (χ1) is 10.1. The van der Waals surface area contributed by atoms with Crippen molar-refractivity contribution in [2.45, 2.75) is 0 Å². The molecule has 0 saturated heterocycles. The minimum Gasteiger partial charge on any atom is -0.497 e. The van der Waals surface area contributed by atoms with Gasteiger partial charge in [0.2, 0.25) is 0 Å². The van der Waals surface area contributed by atoms with E-state index in [-0.39, 0.29) is 5.75 Å². The summed E-state index contributed by atoms with van der Waals surface area (Å²) in [6, 6.07) is 13.1. The third-order valence-corrected chi connectivity index (χ3v) is 4.28. The maximum atomic E-state index is 11.6. The van der Waals surface area contributed by atoms with Crippen LogP contribution in [0.2, 0.25) is 0 Å². The van der Waals surface area contributed by atoms with Crippen LogP contribution < -0.4 is 8.92 Å². The second-order valence-electron chi connectivity index (χ2n) is 4.69. The molecular weight excluding hydrogens is 288 g/mol. The van der Waals surface area contributed by atoms with Gasteiger partial charge in [-0.25, -0.2) is 0 Å². The Hall–Kier alpha value is -2.27. The van der Waals surface area contributed by atoms with Gasteiger partial charge in [-0.1, -0.05) is 30.4 Å². The van der Waals surface area contributed by atoms with Crippen molar-refractivity contribution in [3.05, 3.63) is 54.1 Å². The third-order valence-electron chi connectivity index (χ3n) is 3.25. The van der Waals surface area contributed by atoms with E-state index in [4.69, 9.17) is 8.92 Å². The molecule has 0 spiro atoms. The van der Waals surface area contributed by atoms with Gasteiger partial charge in [0.1, 0.15) is 17.3 Å². The van der Waals surface area contributed by atoms with E-state index in [0.717, 1.165) is 22.4 Å². The first-order valence-electron chi connectivity index (χ1n) is 6.44. The van der Waals surface area contributed by atoms with Crippen molar-refractivity contribution in [2.24, 2.45) is 0 Å². The quantitative estimate of drug-likeness (QED) is 0.800. The summed E-state index contributed by atoms with van der Waals surface area (Å²) in [4.78, 5) is 0. The molecule has 4 nitrogen and oxygen atoms in total. The molecule has 0 aromatic heterocycles. The first-order valence-corrected chi connectivity index (χ1v) is 8.02. The van der Waals surface area contributed by atoms with E-state index < -0.39 is 10.1 Å². The second kappa shape index (κ2) is 5.26. The molecule has 2 aromatic carbocycles. The monoisotopic (exact) mass is 302 g/mol. The van der Waals surface area contributed by atoms with Gasteiger partial charge in [0, 0.05) is 5.56 Å². The smallest absolute Gasteiger partial charge is 0.312 e. The fourth-order valence-corrected chi connectivity index (χ4v) is 3.01. The van der Waals surface area contributed by atoms with Crippen LogP contribution in [-0.4, -0.2) is 21.3 Å². The average molecular weight is 302 g/mol. The summed E-state index contributed by atoms with van der Waals surface area (Å²) in [5, 5.41) is 0. The largest absolute Gasteiger partial charge is 0.497 e. The Balaban J connectivity index is 2.01. The van der Waals surface area contributed by atoms with Crippen molar-refractivity contribution in [2.75, 3.05) is 12.9 Å². The van der Waals surface area contributed by atoms with Crippen LogP contribution in [0.25, 0.3) is 17.2 Å². The summed E-state index contributed by atoms with van der Waals surface area (Å²) in [6.45, 7) is 0. The first kappa shape index (κ1) is 13.7. The number of hydrogen-bond donors (Lipinski definition) is 0. The lowest BCUT2D eigenvalue weighted by molar-refractivity contribution is 0.415. The van der Waals surface area contributed by atoms with Crippen LogP contribution in [0, 0.1) is 0 Å². The van der Waals surface area contributed by atoms with Crippen LogP contribution in [-0.2, 0) is 10.1 Å². The van der Waals surface area contributed by atoms with Gasteiger partial charge in [0.25, 0.3) is 0 Å². The molecule has 0 atom stereocenters. The van der Waals surface area contributed by atoms with E-state index in [2.05, 4.69) is 0 Å². The fraction of sp³-hybridized carbons (Fsp3) is 0.125. The van der Waals surface area contributed by atoms with Crippen molar-refractivity contribution < 1.29 is 17.3 Å². The van der Waals surface area contributed by atoms with E-state index in [1.807, 2.05) is 36.4 Å². The minimum atomic E-state index is -3.52. The maximum absolute atomic E-state index is 11.6. The molecule has 3 rings (SSSR count). The molecule has 0 bridgehead atoms. The van der Waals surface area contributed by atoms with Gasteiger partial charge in [0.05, 0.1) is 7.11 Å². The SMILES string of the molecule is COc1ccc(-c2ccc3c(c2)C=CCS(=O)(=O)O3)cc1. The van der Waals surface area contributed by atoms with Gasteiger partial charge in [-0.2, -0.15) is 8.42 Å². The molecule has 5 heteroatoms. The zero-order valence-electron chi connectivity index (χ0n) is 11.4. The topological polar surface area (TPSA) is 52.6 Å². The Morgan fingerprint density at radius 2 is 1.76 bits per heavy atom. The summed E-state index contributed by atoms with van der Waals surface area (Å²) >= 11 is 0. The fourth-order valence-electron chi connectivity index (χ4n) is 2.18. The minimum absolute atomic E-state index is 0.112. The molecule has 108 valence electrons. The molecule has 0 aliphatic carbocycles. The second-order valence-corrected chi connectivity index (χ2v) is 6.31. The van der Waals surface area contributed by atoms with E-state index in [1.165, 1.54) is 0 Å².